The molecule has 17 heavy (non-hydrogen) atoms. The van der Waals surface area contributed by atoms with Crippen LogP contribution in [0.15, 0.2) is 35.1 Å². The van der Waals surface area contributed by atoms with Crippen molar-refractivity contribution >= 4 is 33.5 Å². The Hall–Kier alpha value is -1.46. The Morgan fingerprint density at radius 1 is 1.24 bits per heavy atom. The van der Waals surface area contributed by atoms with Gasteiger partial charge in [0.25, 0.3) is 0 Å². The van der Waals surface area contributed by atoms with Crippen LogP contribution in [0.2, 0.25) is 5.15 Å². The van der Waals surface area contributed by atoms with Gasteiger partial charge in [-0.25, -0.2) is 14.8 Å². The van der Waals surface area contributed by atoms with Crippen molar-refractivity contribution in [2.45, 2.75) is 0 Å². The zero-order chi connectivity index (χ0) is 12.4. The van der Waals surface area contributed by atoms with Gasteiger partial charge in [-0.3, -0.25) is 0 Å². The summed E-state index contributed by atoms with van der Waals surface area (Å²) in [4.78, 5) is 18.7. The van der Waals surface area contributed by atoms with Crippen LogP contribution in [-0.4, -0.2) is 21.0 Å². The minimum atomic E-state index is -1.14. The predicted molar refractivity (Wildman–Crippen MR) is 67.1 cm³/mol. The number of nitrogens with zero attached hydrogens (tertiary/aromatic N) is 2. The fourth-order valence-corrected chi connectivity index (χ4v) is 1.86. The maximum absolute atomic E-state index is 11.1. The van der Waals surface area contributed by atoms with Gasteiger partial charge in [-0.1, -0.05) is 39.7 Å². The van der Waals surface area contributed by atoms with Crippen molar-refractivity contribution in [3.63, 3.8) is 0 Å². The van der Waals surface area contributed by atoms with Gasteiger partial charge in [0.1, 0.15) is 17.0 Å². The van der Waals surface area contributed by atoms with Gasteiger partial charge >= 0.3 is 5.97 Å². The maximum atomic E-state index is 11.1. The minimum Gasteiger partial charge on any atom is -0.478 e. The molecule has 0 saturated heterocycles. The van der Waals surface area contributed by atoms with Crippen LogP contribution in [-0.2, 0) is 0 Å². The van der Waals surface area contributed by atoms with Crippen LogP contribution in [0.3, 0.4) is 0 Å². The second kappa shape index (κ2) is 4.81. The standard InChI is InChI=1S/C11H6BrClN2O2/c12-7-3-1-6(2-4-7)9-8(11(16)17)10(13)15-5-14-9/h1-5H,(H,16,17). The van der Waals surface area contributed by atoms with E-state index in [-0.39, 0.29) is 10.7 Å². The second-order valence-corrected chi connectivity index (χ2v) is 4.47. The minimum absolute atomic E-state index is 0.0644. The van der Waals surface area contributed by atoms with Gasteiger partial charge in [-0.2, -0.15) is 0 Å². The molecule has 0 aliphatic heterocycles. The van der Waals surface area contributed by atoms with Crippen molar-refractivity contribution in [1.82, 2.24) is 9.97 Å². The smallest absolute Gasteiger partial charge is 0.341 e. The molecule has 6 heteroatoms. The Bertz CT molecular complexity index is 572. The highest BCUT2D eigenvalue weighted by atomic mass is 79.9. The van der Waals surface area contributed by atoms with E-state index >= 15 is 0 Å². The Balaban J connectivity index is 2.63. The number of aromatic carboxylic acids is 1. The average Bonchev–Trinajstić information content (AvgIpc) is 2.29. The molecule has 1 N–H and O–H groups in total. The van der Waals surface area contributed by atoms with E-state index in [1.54, 1.807) is 24.3 Å². The first kappa shape index (κ1) is 12.0. The van der Waals surface area contributed by atoms with Crippen LogP contribution in [0, 0.1) is 0 Å². The molecule has 0 amide bonds. The fraction of sp³-hybridized carbons (Fsp3) is 0. The zero-order valence-corrected chi connectivity index (χ0v) is 10.7. The first-order valence-corrected chi connectivity index (χ1v) is 5.76. The summed E-state index contributed by atoms with van der Waals surface area (Å²) < 4.78 is 0.901. The summed E-state index contributed by atoms with van der Waals surface area (Å²) >= 11 is 9.07. The molecule has 0 atom stereocenters. The third-order valence-electron chi connectivity index (χ3n) is 2.13. The van der Waals surface area contributed by atoms with Gasteiger partial charge < -0.3 is 5.11 Å². The molecule has 0 radical (unpaired) electrons. The lowest BCUT2D eigenvalue weighted by molar-refractivity contribution is 0.0697. The van der Waals surface area contributed by atoms with Gasteiger partial charge in [0, 0.05) is 10.0 Å². The van der Waals surface area contributed by atoms with Gasteiger partial charge in [0.2, 0.25) is 0 Å². The lowest BCUT2D eigenvalue weighted by Crippen LogP contribution is -2.04. The van der Waals surface area contributed by atoms with Gasteiger partial charge in [0.15, 0.2) is 0 Å². The number of carbonyl (C=O) groups is 1. The molecule has 4 nitrogen and oxygen atoms in total. The Morgan fingerprint density at radius 2 is 1.88 bits per heavy atom. The normalized spacial score (nSPS) is 10.2. The molecule has 0 aliphatic rings. The lowest BCUT2D eigenvalue weighted by atomic mass is 10.1. The molecular weight excluding hydrogens is 307 g/mol. The van der Waals surface area contributed by atoms with Crippen molar-refractivity contribution in [1.29, 1.82) is 0 Å². The third kappa shape index (κ3) is 2.45. The number of halogens is 2. The maximum Gasteiger partial charge on any atom is 0.341 e. The van der Waals surface area contributed by atoms with Crippen molar-refractivity contribution in [3.8, 4) is 11.3 Å². The van der Waals surface area contributed by atoms with Crippen molar-refractivity contribution in [3.05, 3.63) is 45.8 Å². The van der Waals surface area contributed by atoms with E-state index in [0.717, 1.165) is 4.47 Å². The zero-order valence-electron chi connectivity index (χ0n) is 8.39. The molecule has 0 saturated carbocycles. The van der Waals surface area contributed by atoms with Crippen LogP contribution in [0.1, 0.15) is 10.4 Å². The van der Waals surface area contributed by atoms with E-state index in [0.29, 0.717) is 11.3 Å². The van der Waals surface area contributed by atoms with Crippen molar-refractivity contribution in [2.75, 3.05) is 0 Å². The molecule has 2 aromatic rings. The fourth-order valence-electron chi connectivity index (χ4n) is 1.38. The van der Waals surface area contributed by atoms with Crippen LogP contribution < -0.4 is 0 Å². The summed E-state index contributed by atoms with van der Waals surface area (Å²) in [5, 5.41) is 9.02. The quantitative estimate of drug-likeness (QED) is 0.864. The van der Waals surface area contributed by atoms with Crippen LogP contribution in [0.4, 0.5) is 0 Å². The molecule has 0 bridgehead atoms. The molecule has 1 aromatic heterocycles. The summed E-state index contributed by atoms with van der Waals surface area (Å²) in [5.74, 6) is -1.14. The Kier molecular flexibility index (Phi) is 3.40. The van der Waals surface area contributed by atoms with E-state index in [4.69, 9.17) is 16.7 Å². The Morgan fingerprint density at radius 3 is 2.47 bits per heavy atom. The van der Waals surface area contributed by atoms with Crippen LogP contribution in [0.5, 0.6) is 0 Å². The molecule has 0 spiro atoms. The van der Waals surface area contributed by atoms with Gasteiger partial charge in [0.05, 0.1) is 5.69 Å². The van der Waals surface area contributed by atoms with E-state index in [9.17, 15) is 4.79 Å². The van der Waals surface area contributed by atoms with Crippen LogP contribution in [0.25, 0.3) is 11.3 Å². The van der Waals surface area contributed by atoms with E-state index < -0.39 is 5.97 Å². The summed E-state index contributed by atoms with van der Waals surface area (Å²) in [6.07, 6.45) is 1.24. The molecular formula is C11H6BrClN2O2. The number of hydrogen-bond donors (Lipinski definition) is 1. The monoisotopic (exact) mass is 312 g/mol. The molecule has 2 rings (SSSR count). The molecule has 0 fully saturated rings. The molecule has 0 aliphatic carbocycles. The van der Waals surface area contributed by atoms with Crippen molar-refractivity contribution in [2.24, 2.45) is 0 Å². The highest BCUT2D eigenvalue weighted by Crippen LogP contribution is 2.26. The molecule has 1 aromatic carbocycles. The third-order valence-corrected chi connectivity index (χ3v) is 2.95. The highest BCUT2D eigenvalue weighted by Gasteiger charge is 2.18. The van der Waals surface area contributed by atoms with E-state index in [1.165, 1.54) is 6.33 Å². The van der Waals surface area contributed by atoms with E-state index in [2.05, 4.69) is 25.9 Å². The predicted octanol–water partition coefficient (Wildman–Crippen LogP) is 3.26. The van der Waals surface area contributed by atoms with Gasteiger partial charge in [-0.15, -0.1) is 0 Å². The van der Waals surface area contributed by atoms with Crippen LogP contribution >= 0.6 is 27.5 Å². The summed E-state index contributed by atoms with van der Waals surface area (Å²) in [6, 6.07) is 7.12. The number of carboxylic acid groups (broad SMARTS) is 1. The second-order valence-electron chi connectivity index (χ2n) is 3.20. The number of carboxylic acids is 1. The average molecular weight is 314 g/mol. The van der Waals surface area contributed by atoms with Crippen molar-refractivity contribution < 1.29 is 9.90 Å². The number of hydrogen-bond acceptors (Lipinski definition) is 3. The van der Waals surface area contributed by atoms with Gasteiger partial charge in [-0.05, 0) is 12.1 Å². The number of aromatic nitrogens is 2. The molecule has 1 heterocycles. The summed E-state index contributed by atoms with van der Waals surface area (Å²) in [6.45, 7) is 0. The highest BCUT2D eigenvalue weighted by molar-refractivity contribution is 9.10. The summed E-state index contributed by atoms with van der Waals surface area (Å²) in [5.41, 5.74) is 0.899. The topological polar surface area (TPSA) is 63.1 Å². The first-order valence-electron chi connectivity index (χ1n) is 4.59. The summed E-state index contributed by atoms with van der Waals surface area (Å²) in [7, 11) is 0. The molecule has 86 valence electrons. The lowest BCUT2D eigenvalue weighted by Gasteiger charge is -2.05. The van der Waals surface area contributed by atoms with E-state index in [1.807, 2.05) is 0 Å². The molecule has 0 unspecified atom stereocenters. The number of benzene rings is 1. The largest absolute Gasteiger partial charge is 0.478 e. The Labute approximate surface area is 110 Å². The first-order chi connectivity index (χ1) is 8.09. The number of rotatable bonds is 2. The SMILES string of the molecule is O=C(O)c1c(Cl)ncnc1-c1ccc(Br)cc1.